The highest BCUT2D eigenvalue weighted by Crippen LogP contribution is 2.25. The molecular weight excluding hydrogens is 340 g/mol. The second-order valence-electron chi connectivity index (χ2n) is 6.59. The van der Waals surface area contributed by atoms with Crippen LogP contribution in [-0.2, 0) is 23.0 Å². The number of imidazole rings is 1. The quantitative estimate of drug-likeness (QED) is 0.862. The number of nitrogens with one attached hydrogen (secondary N) is 2. The summed E-state index contributed by atoms with van der Waals surface area (Å²) in [6, 6.07) is 5.26. The molecule has 2 N–H and O–H groups in total. The molecule has 1 aromatic carbocycles. The van der Waals surface area contributed by atoms with Crippen molar-refractivity contribution in [3.63, 3.8) is 0 Å². The molecule has 132 valence electrons. The van der Waals surface area contributed by atoms with Gasteiger partial charge >= 0.3 is 0 Å². The molecule has 0 bridgehead atoms. The molecule has 1 fully saturated rings. The van der Waals surface area contributed by atoms with Crippen molar-refractivity contribution < 1.29 is 13.2 Å². The van der Waals surface area contributed by atoms with Crippen molar-refractivity contribution in [1.82, 2.24) is 19.6 Å². The van der Waals surface area contributed by atoms with E-state index in [0.29, 0.717) is 25.3 Å². The maximum absolute atomic E-state index is 12.5. The van der Waals surface area contributed by atoms with Gasteiger partial charge < -0.3 is 9.88 Å². The molecular formula is C17H20N4O3S. The molecule has 2 aromatic rings. The van der Waals surface area contributed by atoms with Crippen LogP contribution in [0.2, 0.25) is 0 Å². The zero-order valence-electron chi connectivity index (χ0n) is 13.7. The first-order chi connectivity index (χ1) is 12.0. The zero-order valence-corrected chi connectivity index (χ0v) is 14.6. The van der Waals surface area contributed by atoms with Crippen LogP contribution in [0, 0.1) is 0 Å². The molecule has 1 amide bonds. The summed E-state index contributed by atoms with van der Waals surface area (Å²) in [5.41, 5.74) is 1.97. The molecule has 25 heavy (non-hydrogen) atoms. The van der Waals surface area contributed by atoms with E-state index in [1.165, 1.54) is 0 Å². The Balaban J connectivity index is 1.56. The molecule has 1 aromatic heterocycles. The van der Waals surface area contributed by atoms with Gasteiger partial charge in [-0.25, -0.2) is 18.1 Å². The van der Waals surface area contributed by atoms with E-state index < -0.39 is 10.0 Å². The molecule has 0 saturated heterocycles. The Morgan fingerprint density at radius 1 is 1.28 bits per heavy atom. The van der Waals surface area contributed by atoms with Crippen LogP contribution >= 0.6 is 0 Å². The Morgan fingerprint density at radius 2 is 2.12 bits per heavy atom. The van der Waals surface area contributed by atoms with Gasteiger partial charge in [-0.2, -0.15) is 0 Å². The molecule has 0 spiro atoms. The van der Waals surface area contributed by atoms with Gasteiger partial charge in [-0.05, 0) is 42.5 Å². The van der Waals surface area contributed by atoms with Gasteiger partial charge in [0, 0.05) is 31.5 Å². The number of carbonyl (C=O) groups is 1. The maximum atomic E-state index is 12.5. The van der Waals surface area contributed by atoms with Crippen LogP contribution in [0.1, 0.15) is 41.0 Å². The van der Waals surface area contributed by atoms with E-state index in [1.54, 1.807) is 29.4 Å². The summed E-state index contributed by atoms with van der Waals surface area (Å²) in [7, 11) is -3.51. The number of aromatic amines is 1. The highest BCUT2D eigenvalue weighted by Gasteiger charge is 2.27. The number of nitrogens with zero attached hydrogens (tertiary/aromatic N) is 2. The summed E-state index contributed by atoms with van der Waals surface area (Å²) in [5, 5.41) is 0. The van der Waals surface area contributed by atoms with Crippen molar-refractivity contribution in [3.8, 4) is 0 Å². The number of benzene rings is 1. The van der Waals surface area contributed by atoms with Gasteiger partial charge in [0.05, 0.1) is 4.90 Å². The molecule has 2 heterocycles. The van der Waals surface area contributed by atoms with E-state index in [0.717, 1.165) is 30.4 Å². The van der Waals surface area contributed by atoms with Crippen LogP contribution in [0.4, 0.5) is 0 Å². The van der Waals surface area contributed by atoms with Crippen molar-refractivity contribution in [2.24, 2.45) is 0 Å². The fourth-order valence-electron chi connectivity index (χ4n) is 3.22. The van der Waals surface area contributed by atoms with Crippen LogP contribution in [0.25, 0.3) is 0 Å². The number of sulfonamides is 1. The first-order valence-electron chi connectivity index (χ1n) is 8.46. The maximum Gasteiger partial charge on any atom is 0.289 e. The van der Waals surface area contributed by atoms with Gasteiger partial charge in [-0.3, -0.25) is 4.79 Å². The lowest BCUT2D eigenvalue weighted by Crippen LogP contribution is -2.39. The summed E-state index contributed by atoms with van der Waals surface area (Å²) < 4.78 is 27.8. The fourth-order valence-corrected chi connectivity index (χ4v) is 4.57. The average molecular weight is 360 g/mol. The SMILES string of the molecule is O=C(c1ncc[nH]1)N1CCc2ccc(S(=O)(=O)NC3CCC3)cc2C1. The number of fused-ring (bicyclic) bond motifs is 1. The lowest BCUT2D eigenvalue weighted by Gasteiger charge is -2.29. The Morgan fingerprint density at radius 3 is 2.80 bits per heavy atom. The van der Waals surface area contributed by atoms with E-state index in [4.69, 9.17) is 0 Å². The third kappa shape index (κ3) is 3.19. The lowest BCUT2D eigenvalue weighted by atomic mass is 9.94. The minimum atomic E-state index is -3.51. The third-order valence-electron chi connectivity index (χ3n) is 4.92. The number of hydrogen-bond acceptors (Lipinski definition) is 4. The summed E-state index contributed by atoms with van der Waals surface area (Å²) in [5.74, 6) is 0.135. The van der Waals surface area contributed by atoms with E-state index >= 15 is 0 Å². The molecule has 4 rings (SSSR count). The number of rotatable bonds is 4. The van der Waals surface area contributed by atoms with Crippen molar-refractivity contribution in [3.05, 3.63) is 47.5 Å². The Hall–Kier alpha value is -2.19. The normalized spacial score (nSPS) is 17.8. The Kier molecular flexibility index (Phi) is 4.09. The molecule has 0 radical (unpaired) electrons. The highest BCUT2D eigenvalue weighted by atomic mass is 32.2. The summed E-state index contributed by atoms with van der Waals surface area (Å²) in [6.45, 7) is 0.987. The predicted octanol–water partition coefficient (Wildman–Crippen LogP) is 1.44. The van der Waals surface area contributed by atoms with Crippen molar-refractivity contribution >= 4 is 15.9 Å². The highest BCUT2D eigenvalue weighted by molar-refractivity contribution is 7.89. The molecule has 1 aliphatic heterocycles. The van der Waals surface area contributed by atoms with Gasteiger partial charge in [-0.15, -0.1) is 0 Å². The fraction of sp³-hybridized carbons (Fsp3) is 0.412. The molecule has 8 heteroatoms. The molecule has 0 unspecified atom stereocenters. The van der Waals surface area contributed by atoms with Gasteiger partial charge in [-0.1, -0.05) is 12.5 Å². The number of hydrogen-bond donors (Lipinski definition) is 2. The van der Waals surface area contributed by atoms with Gasteiger partial charge in [0.15, 0.2) is 5.82 Å². The monoisotopic (exact) mass is 360 g/mol. The molecule has 2 aliphatic rings. The molecule has 1 aliphatic carbocycles. The van der Waals surface area contributed by atoms with E-state index in [2.05, 4.69) is 14.7 Å². The first-order valence-corrected chi connectivity index (χ1v) is 9.94. The number of amides is 1. The minimum Gasteiger partial charge on any atom is -0.341 e. The minimum absolute atomic E-state index is 0.0538. The molecule has 7 nitrogen and oxygen atoms in total. The Labute approximate surface area is 146 Å². The van der Waals surface area contributed by atoms with Crippen LogP contribution in [0.3, 0.4) is 0 Å². The summed E-state index contributed by atoms with van der Waals surface area (Å²) >= 11 is 0. The van der Waals surface area contributed by atoms with Gasteiger partial charge in [0.2, 0.25) is 10.0 Å². The van der Waals surface area contributed by atoms with E-state index in [1.807, 2.05) is 6.07 Å². The molecule has 1 saturated carbocycles. The number of H-pyrrole nitrogens is 1. The van der Waals surface area contributed by atoms with E-state index in [9.17, 15) is 13.2 Å². The lowest BCUT2D eigenvalue weighted by molar-refractivity contribution is 0.0723. The second kappa shape index (κ2) is 6.27. The smallest absolute Gasteiger partial charge is 0.289 e. The van der Waals surface area contributed by atoms with Crippen LogP contribution in [0.5, 0.6) is 0 Å². The number of carbonyl (C=O) groups excluding carboxylic acids is 1. The predicted molar refractivity (Wildman–Crippen MR) is 91.4 cm³/mol. The average Bonchev–Trinajstić information content (AvgIpc) is 3.11. The third-order valence-corrected chi connectivity index (χ3v) is 6.43. The van der Waals surface area contributed by atoms with Crippen LogP contribution in [0.15, 0.2) is 35.5 Å². The zero-order chi connectivity index (χ0) is 17.4. The molecule has 0 atom stereocenters. The van der Waals surface area contributed by atoms with Gasteiger partial charge in [0.1, 0.15) is 0 Å². The van der Waals surface area contributed by atoms with E-state index in [-0.39, 0.29) is 16.8 Å². The number of aromatic nitrogens is 2. The first kappa shape index (κ1) is 16.3. The van der Waals surface area contributed by atoms with Gasteiger partial charge in [0.25, 0.3) is 5.91 Å². The second-order valence-corrected chi connectivity index (χ2v) is 8.31. The summed E-state index contributed by atoms with van der Waals surface area (Å²) in [4.78, 5) is 21.2. The summed E-state index contributed by atoms with van der Waals surface area (Å²) in [6.07, 6.45) is 6.73. The standard InChI is InChI=1S/C17H20N4O3S/c22-17(16-18-7-8-19-16)21-9-6-12-4-5-15(10-13(12)11-21)25(23,24)20-14-2-1-3-14/h4-5,7-8,10,14,20H,1-3,6,9,11H2,(H,18,19). The van der Waals surface area contributed by atoms with Crippen molar-refractivity contribution in [2.75, 3.05) is 6.54 Å². The van der Waals surface area contributed by atoms with Crippen molar-refractivity contribution in [2.45, 2.75) is 43.2 Å². The van der Waals surface area contributed by atoms with Crippen LogP contribution < -0.4 is 4.72 Å². The largest absolute Gasteiger partial charge is 0.341 e. The topological polar surface area (TPSA) is 95.2 Å². The Bertz CT molecular complexity index is 889. The van der Waals surface area contributed by atoms with Crippen molar-refractivity contribution in [1.29, 1.82) is 0 Å². The van der Waals surface area contributed by atoms with Crippen LogP contribution in [-0.4, -0.2) is 41.8 Å².